The first kappa shape index (κ1) is 19.5. The summed E-state index contributed by atoms with van der Waals surface area (Å²) in [5.74, 6) is -0.594. The predicted molar refractivity (Wildman–Crippen MR) is 85.8 cm³/mol. The molecule has 0 fully saturated rings. The molecule has 6 nitrogen and oxygen atoms in total. The van der Waals surface area contributed by atoms with Gasteiger partial charge in [-0.3, -0.25) is 4.79 Å². The fraction of sp³-hybridized carbons (Fsp3) is 0.533. The van der Waals surface area contributed by atoms with Crippen molar-refractivity contribution in [1.82, 2.24) is 9.62 Å². The number of rotatable bonds is 10. The summed E-state index contributed by atoms with van der Waals surface area (Å²) in [7, 11) is -1.87. The molecular formula is C15H23FN2O4S. The van der Waals surface area contributed by atoms with E-state index in [1.807, 2.05) is 0 Å². The van der Waals surface area contributed by atoms with Gasteiger partial charge in [0, 0.05) is 39.8 Å². The summed E-state index contributed by atoms with van der Waals surface area (Å²) in [5.41, 5.74) is 0.664. The van der Waals surface area contributed by atoms with Crippen LogP contribution in [0.4, 0.5) is 4.39 Å². The molecule has 1 aromatic rings. The molecule has 0 saturated heterocycles. The van der Waals surface area contributed by atoms with Gasteiger partial charge >= 0.3 is 0 Å². The van der Waals surface area contributed by atoms with Crippen molar-refractivity contribution in [2.24, 2.45) is 0 Å². The lowest BCUT2D eigenvalue weighted by Gasteiger charge is -2.19. The van der Waals surface area contributed by atoms with Crippen molar-refractivity contribution in [2.45, 2.75) is 19.4 Å². The molecule has 0 atom stereocenters. The fourth-order valence-corrected chi connectivity index (χ4v) is 2.72. The number of amides is 1. The van der Waals surface area contributed by atoms with Crippen LogP contribution < -0.4 is 5.32 Å². The van der Waals surface area contributed by atoms with E-state index in [1.165, 1.54) is 28.6 Å². The van der Waals surface area contributed by atoms with Crippen LogP contribution in [0.3, 0.4) is 0 Å². The van der Waals surface area contributed by atoms with Crippen LogP contribution in [0.2, 0.25) is 0 Å². The number of nitrogens with zero attached hydrogens (tertiary/aromatic N) is 1. The number of ether oxygens (including phenoxy) is 1. The molecule has 0 unspecified atom stereocenters. The summed E-state index contributed by atoms with van der Waals surface area (Å²) < 4.78 is 42.6. The number of hydrogen-bond acceptors (Lipinski definition) is 4. The number of carbonyl (C=O) groups excluding carboxylic acids is 1. The number of carbonyl (C=O) groups is 1. The van der Waals surface area contributed by atoms with Crippen molar-refractivity contribution >= 4 is 15.9 Å². The van der Waals surface area contributed by atoms with E-state index in [2.05, 4.69) is 5.32 Å². The lowest BCUT2D eigenvalue weighted by molar-refractivity contribution is -0.121. The Morgan fingerprint density at radius 3 is 2.52 bits per heavy atom. The van der Waals surface area contributed by atoms with Crippen LogP contribution in [0.1, 0.15) is 18.4 Å². The average molecular weight is 346 g/mol. The summed E-state index contributed by atoms with van der Waals surface area (Å²) in [6.45, 7) is 1.23. The maximum Gasteiger partial charge on any atom is 0.221 e. The second-order valence-corrected chi connectivity index (χ2v) is 7.15. The summed E-state index contributed by atoms with van der Waals surface area (Å²) in [6.07, 6.45) is 1.86. The van der Waals surface area contributed by atoms with Crippen molar-refractivity contribution in [3.05, 3.63) is 35.6 Å². The van der Waals surface area contributed by atoms with E-state index in [0.29, 0.717) is 25.1 Å². The van der Waals surface area contributed by atoms with E-state index in [-0.39, 0.29) is 31.2 Å². The summed E-state index contributed by atoms with van der Waals surface area (Å²) in [5, 5.41) is 2.71. The Hall–Kier alpha value is -1.51. The number of halogens is 1. The van der Waals surface area contributed by atoms with Gasteiger partial charge in [-0.25, -0.2) is 12.8 Å². The van der Waals surface area contributed by atoms with Crippen LogP contribution >= 0.6 is 0 Å². The van der Waals surface area contributed by atoms with E-state index in [1.54, 1.807) is 7.11 Å². The predicted octanol–water partition coefficient (Wildman–Crippen LogP) is 1.13. The molecule has 0 aliphatic rings. The van der Waals surface area contributed by atoms with E-state index in [9.17, 15) is 17.6 Å². The Morgan fingerprint density at radius 1 is 1.30 bits per heavy atom. The minimum Gasteiger partial charge on any atom is -0.385 e. The van der Waals surface area contributed by atoms with Gasteiger partial charge in [-0.2, -0.15) is 4.31 Å². The highest BCUT2D eigenvalue weighted by Crippen LogP contribution is 2.10. The zero-order valence-electron chi connectivity index (χ0n) is 13.4. The third-order valence-electron chi connectivity index (χ3n) is 3.18. The summed E-state index contributed by atoms with van der Waals surface area (Å²) in [4.78, 5) is 11.7. The molecule has 23 heavy (non-hydrogen) atoms. The first-order valence-corrected chi connectivity index (χ1v) is 9.13. The number of sulfonamides is 1. The molecule has 0 spiro atoms. The highest BCUT2D eigenvalue weighted by molar-refractivity contribution is 7.88. The highest BCUT2D eigenvalue weighted by atomic mass is 32.2. The minimum atomic E-state index is -3.46. The largest absolute Gasteiger partial charge is 0.385 e. The Morgan fingerprint density at radius 2 is 1.96 bits per heavy atom. The van der Waals surface area contributed by atoms with Gasteiger partial charge in [-0.15, -0.1) is 0 Å². The zero-order valence-corrected chi connectivity index (χ0v) is 14.2. The Labute approximate surface area is 136 Å². The maximum absolute atomic E-state index is 12.9. The van der Waals surface area contributed by atoms with Gasteiger partial charge in [0.2, 0.25) is 15.9 Å². The Bertz CT molecular complexity index is 590. The monoisotopic (exact) mass is 346 g/mol. The van der Waals surface area contributed by atoms with Crippen LogP contribution in [0.15, 0.2) is 24.3 Å². The molecule has 1 amide bonds. The van der Waals surface area contributed by atoms with Crippen LogP contribution in [0.25, 0.3) is 0 Å². The van der Waals surface area contributed by atoms with E-state index >= 15 is 0 Å². The lowest BCUT2D eigenvalue weighted by Crippen LogP contribution is -2.34. The van der Waals surface area contributed by atoms with Crippen LogP contribution in [0.5, 0.6) is 0 Å². The lowest BCUT2D eigenvalue weighted by atomic mass is 10.2. The standard InChI is InChI=1S/C15H23FN2O4S/c1-22-11-3-9-17-15(19)8-10-18(23(2,20)21)12-13-4-6-14(16)7-5-13/h4-7H,3,8-12H2,1-2H3,(H,17,19). The normalized spacial score (nSPS) is 11.7. The Kier molecular flexibility index (Phi) is 8.15. The third kappa shape index (κ3) is 8.06. The molecular weight excluding hydrogens is 323 g/mol. The molecule has 1 rings (SSSR count). The molecule has 1 aromatic carbocycles. The summed E-state index contributed by atoms with van der Waals surface area (Å²) in [6, 6.07) is 5.60. The number of nitrogens with one attached hydrogen (secondary N) is 1. The average Bonchev–Trinajstić information content (AvgIpc) is 2.48. The smallest absolute Gasteiger partial charge is 0.221 e. The fourth-order valence-electron chi connectivity index (χ4n) is 1.91. The third-order valence-corrected chi connectivity index (χ3v) is 4.43. The molecule has 130 valence electrons. The highest BCUT2D eigenvalue weighted by Gasteiger charge is 2.18. The molecule has 0 heterocycles. The summed E-state index contributed by atoms with van der Waals surface area (Å²) >= 11 is 0. The Balaban J connectivity index is 2.52. The van der Waals surface area contributed by atoms with E-state index in [0.717, 1.165) is 6.26 Å². The van der Waals surface area contributed by atoms with Gasteiger partial charge in [0.15, 0.2) is 0 Å². The molecule has 0 aromatic heterocycles. The second-order valence-electron chi connectivity index (χ2n) is 5.17. The van der Waals surface area contributed by atoms with Gasteiger partial charge < -0.3 is 10.1 Å². The quantitative estimate of drug-likeness (QED) is 0.645. The topological polar surface area (TPSA) is 75.7 Å². The second kappa shape index (κ2) is 9.59. The zero-order chi connectivity index (χ0) is 17.3. The number of hydrogen-bond donors (Lipinski definition) is 1. The number of methoxy groups -OCH3 is 1. The van der Waals surface area contributed by atoms with Gasteiger partial charge in [0.1, 0.15) is 5.82 Å². The van der Waals surface area contributed by atoms with Crippen molar-refractivity contribution in [3.8, 4) is 0 Å². The molecule has 8 heteroatoms. The molecule has 0 bridgehead atoms. The molecule has 1 N–H and O–H groups in total. The first-order chi connectivity index (χ1) is 10.8. The van der Waals surface area contributed by atoms with Crippen LogP contribution in [0, 0.1) is 5.82 Å². The van der Waals surface area contributed by atoms with Crippen LogP contribution in [-0.4, -0.2) is 51.7 Å². The molecule has 0 aliphatic heterocycles. The van der Waals surface area contributed by atoms with Crippen molar-refractivity contribution in [3.63, 3.8) is 0 Å². The van der Waals surface area contributed by atoms with Crippen molar-refractivity contribution in [2.75, 3.05) is 33.1 Å². The molecule has 0 saturated carbocycles. The van der Waals surface area contributed by atoms with Crippen molar-refractivity contribution < 1.29 is 22.3 Å². The van der Waals surface area contributed by atoms with Crippen molar-refractivity contribution in [1.29, 1.82) is 0 Å². The number of benzene rings is 1. The maximum atomic E-state index is 12.9. The minimum absolute atomic E-state index is 0.0707. The molecule has 0 radical (unpaired) electrons. The van der Waals surface area contributed by atoms with Gasteiger partial charge in [0.25, 0.3) is 0 Å². The van der Waals surface area contributed by atoms with E-state index < -0.39 is 10.0 Å². The van der Waals surface area contributed by atoms with E-state index in [4.69, 9.17) is 4.74 Å². The van der Waals surface area contributed by atoms with Crippen LogP contribution in [-0.2, 0) is 26.1 Å². The SMILES string of the molecule is COCCCNC(=O)CCN(Cc1ccc(F)cc1)S(C)(=O)=O. The van der Waals surface area contributed by atoms with Gasteiger partial charge in [-0.1, -0.05) is 12.1 Å². The van der Waals surface area contributed by atoms with Gasteiger partial charge in [-0.05, 0) is 24.1 Å². The first-order valence-electron chi connectivity index (χ1n) is 7.28. The molecule has 0 aliphatic carbocycles. The van der Waals surface area contributed by atoms with Gasteiger partial charge in [0.05, 0.1) is 6.26 Å².